The molecule has 0 saturated heterocycles. The third-order valence-electron chi connectivity index (χ3n) is 1.76. The summed E-state index contributed by atoms with van der Waals surface area (Å²) >= 11 is 0. The number of nitrogens with zero attached hydrogens (tertiary/aromatic N) is 1. The molecule has 0 amide bonds. The van der Waals surface area contributed by atoms with Gasteiger partial charge in [-0.05, 0) is 24.1 Å². The molecule has 0 aliphatic carbocycles. The van der Waals surface area contributed by atoms with E-state index in [9.17, 15) is 4.91 Å². The van der Waals surface area contributed by atoms with E-state index in [1.165, 1.54) is 0 Å². The van der Waals surface area contributed by atoms with E-state index in [4.69, 9.17) is 11.5 Å². The molecule has 4 heteroatoms. The first-order valence-electron chi connectivity index (χ1n) is 4.11. The van der Waals surface area contributed by atoms with Crippen LogP contribution in [0.4, 0.5) is 5.69 Å². The smallest absolute Gasteiger partial charge is 0.0965 e. The van der Waals surface area contributed by atoms with Crippen molar-refractivity contribution >= 4 is 5.69 Å². The minimum Gasteiger partial charge on any atom is -0.399 e. The zero-order chi connectivity index (χ0) is 9.68. The molecule has 1 atom stereocenters. The van der Waals surface area contributed by atoms with Crippen LogP contribution in [0.2, 0.25) is 0 Å². The lowest BCUT2D eigenvalue weighted by molar-refractivity contribution is 0.677. The fourth-order valence-electron chi connectivity index (χ4n) is 1.18. The summed E-state index contributed by atoms with van der Waals surface area (Å²) in [4.78, 5) is 9.92. The average Bonchev–Trinajstić information content (AvgIpc) is 2.04. The molecule has 4 N–H and O–H groups in total. The number of nitrogens with two attached hydrogens (primary N) is 2. The Bertz CT molecular complexity index is 288. The van der Waals surface area contributed by atoms with Gasteiger partial charge in [0.05, 0.1) is 6.54 Å². The number of rotatable bonds is 4. The third kappa shape index (κ3) is 3.21. The minimum absolute atomic E-state index is 0.148. The van der Waals surface area contributed by atoms with Crippen LogP contribution in [0.25, 0.3) is 0 Å². The molecule has 4 nitrogen and oxygen atoms in total. The van der Waals surface area contributed by atoms with Gasteiger partial charge in [0.25, 0.3) is 0 Å². The predicted octanol–water partition coefficient (Wildman–Crippen LogP) is 0.905. The lowest BCUT2D eigenvalue weighted by atomic mass is 10.1. The van der Waals surface area contributed by atoms with Crippen molar-refractivity contribution in [2.24, 2.45) is 10.9 Å². The maximum Gasteiger partial charge on any atom is 0.0965 e. The summed E-state index contributed by atoms with van der Waals surface area (Å²) in [6, 6.07) is 7.25. The molecule has 1 rings (SSSR count). The Morgan fingerprint density at radius 2 is 2.23 bits per heavy atom. The van der Waals surface area contributed by atoms with E-state index in [-0.39, 0.29) is 12.6 Å². The Balaban J connectivity index is 2.58. The summed E-state index contributed by atoms with van der Waals surface area (Å²) in [5.41, 5.74) is 13.0. The van der Waals surface area contributed by atoms with Crippen molar-refractivity contribution in [1.82, 2.24) is 0 Å². The van der Waals surface area contributed by atoms with Crippen LogP contribution in [0, 0.1) is 4.91 Å². The highest BCUT2D eigenvalue weighted by Gasteiger charge is 2.03. The lowest BCUT2D eigenvalue weighted by Gasteiger charge is -2.07. The van der Waals surface area contributed by atoms with Crippen LogP contribution in [-0.4, -0.2) is 12.6 Å². The Morgan fingerprint density at radius 3 is 2.85 bits per heavy atom. The Hall–Kier alpha value is -1.42. The second kappa shape index (κ2) is 4.57. The van der Waals surface area contributed by atoms with Gasteiger partial charge in [0.15, 0.2) is 0 Å². The van der Waals surface area contributed by atoms with Gasteiger partial charge in [0.2, 0.25) is 0 Å². The molecule has 0 heterocycles. The van der Waals surface area contributed by atoms with Gasteiger partial charge in [0, 0.05) is 11.7 Å². The summed E-state index contributed by atoms with van der Waals surface area (Å²) in [7, 11) is 0. The van der Waals surface area contributed by atoms with Crippen molar-refractivity contribution in [2.45, 2.75) is 12.5 Å². The number of hydrogen-bond donors (Lipinski definition) is 2. The van der Waals surface area contributed by atoms with Crippen LogP contribution in [0.3, 0.4) is 0 Å². The Morgan fingerprint density at radius 1 is 1.46 bits per heavy atom. The molecular formula is C9H13N3O. The van der Waals surface area contributed by atoms with Crippen molar-refractivity contribution < 1.29 is 0 Å². The Kier molecular flexibility index (Phi) is 3.40. The largest absolute Gasteiger partial charge is 0.399 e. The van der Waals surface area contributed by atoms with E-state index in [1.807, 2.05) is 24.3 Å². The van der Waals surface area contributed by atoms with Crippen molar-refractivity contribution in [3.05, 3.63) is 34.7 Å². The summed E-state index contributed by atoms with van der Waals surface area (Å²) in [6.07, 6.45) is 0.636. The van der Waals surface area contributed by atoms with E-state index in [0.717, 1.165) is 5.56 Å². The first-order chi connectivity index (χ1) is 6.22. The van der Waals surface area contributed by atoms with Gasteiger partial charge >= 0.3 is 0 Å². The van der Waals surface area contributed by atoms with Gasteiger partial charge in [0.1, 0.15) is 0 Å². The van der Waals surface area contributed by atoms with Gasteiger partial charge in [-0.1, -0.05) is 17.3 Å². The van der Waals surface area contributed by atoms with Crippen LogP contribution in [0.1, 0.15) is 5.56 Å². The topological polar surface area (TPSA) is 81.5 Å². The molecule has 0 aliphatic heterocycles. The zero-order valence-corrected chi connectivity index (χ0v) is 7.31. The molecule has 1 unspecified atom stereocenters. The van der Waals surface area contributed by atoms with Crippen molar-refractivity contribution in [3.63, 3.8) is 0 Å². The molecule has 1 aromatic carbocycles. The van der Waals surface area contributed by atoms with E-state index in [0.29, 0.717) is 12.1 Å². The zero-order valence-electron chi connectivity index (χ0n) is 7.31. The summed E-state index contributed by atoms with van der Waals surface area (Å²) in [5, 5.41) is 2.75. The highest BCUT2D eigenvalue weighted by molar-refractivity contribution is 5.40. The molecule has 0 saturated carbocycles. The highest BCUT2D eigenvalue weighted by atomic mass is 16.3. The van der Waals surface area contributed by atoms with Gasteiger partial charge in [-0.15, -0.1) is 0 Å². The normalized spacial score (nSPS) is 12.4. The molecule has 70 valence electrons. The molecule has 13 heavy (non-hydrogen) atoms. The number of nitroso groups, excluding NO2 is 1. The molecule has 0 radical (unpaired) electrons. The fraction of sp³-hybridized carbons (Fsp3) is 0.333. The summed E-state index contributed by atoms with van der Waals surface area (Å²) < 4.78 is 0. The van der Waals surface area contributed by atoms with E-state index < -0.39 is 0 Å². The van der Waals surface area contributed by atoms with Gasteiger partial charge in [-0.3, -0.25) is 0 Å². The second-order valence-corrected chi connectivity index (χ2v) is 3.02. The molecule has 0 aromatic heterocycles. The van der Waals surface area contributed by atoms with Crippen molar-refractivity contribution in [1.29, 1.82) is 0 Å². The van der Waals surface area contributed by atoms with Crippen LogP contribution in [-0.2, 0) is 6.42 Å². The molecule has 1 aromatic rings. The quantitative estimate of drug-likeness (QED) is 0.532. The van der Waals surface area contributed by atoms with Crippen molar-refractivity contribution in [2.75, 3.05) is 12.3 Å². The van der Waals surface area contributed by atoms with Crippen LogP contribution in [0.15, 0.2) is 29.4 Å². The first kappa shape index (κ1) is 9.67. The lowest BCUT2D eigenvalue weighted by Crippen LogP contribution is -2.25. The highest BCUT2D eigenvalue weighted by Crippen LogP contribution is 2.08. The Labute approximate surface area is 76.9 Å². The first-order valence-corrected chi connectivity index (χ1v) is 4.11. The van der Waals surface area contributed by atoms with E-state index in [1.54, 1.807) is 0 Å². The van der Waals surface area contributed by atoms with Gasteiger partial charge in [-0.2, -0.15) is 4.91 Å². The predicted molar refractivity (Wildman–Crippen MR) is 53.2 cm³/mol. The third-order valence-corrected chi connectivity index (χ3v) is 1.76. The molecule has 0 bridgehead atoms. The van der Waals surface area contributed by atoms with Crippen LogP contribution < -0.4 is 11.5 Å². The van der Waals surface area contributed by atoms with E-state index in [2.05, 4.69) is 5.18 Å². The second-order valence-electron chi connectivity index (χ2n) is 3.02. The van der Waals surface area contributed by atoms with Crippen LogP contribution in [0.5, 0.6) is 0 Å². The molecule has 0 fully saturated rings. The molecule has 0 spiro atoms. The number of benzene rings is 1. The SMILES string of the molecule is Nc1cccc(CC(N)CN=O)c1. The minimum atomic E-state index is -0.209. The average molecular weight is 179 g/mol. The molecular weight excluding hydrogens is 166 g/mol. The number of nitrogen functional groups attached to an aromatic ring is 1. The fourth-order valence-corrected chi connectivity index (χ4v) is 1.18. The molecule has 0 aliphatic rings. The maximum absolute atomic E-state index is 9.92. The van der Waals surface area contributed by atoms with Gasteiger partial charge in [-0.25, -0.2) is 0 Å². The number of anilines is 1. The van der Waals surface area contributed by atoms with E-state index >= 15 is 0 Å². The maximum atomic E-state index is 9.92. The van der Waals surface area contributed by atoms with Crippen LogP contribution >= 0.6 is 0 Å². The van der Waals surface area contributed by atoms with Crippen molar-refractivity contribution in [3.8, 4) is 0 Å². The number of hydrogen-bond acceptors (Lipinski definition) is 4. The summed E-state index contributed by atoms with van der Waals surface area (Å²) in [6.45, 7) is 0.148. The standard InChI is InChI=1S/C9H13N3O/c10-8-3-1-2-7(4-8)5-9(11)6-12-13/h1-4,9H,5-6,10-11H2. The van der Waals surface area contributed by atoms with Gasteiger partial charge < -0.3 is 11.5 Å². The summed E-state index contributed by atoms with van der Waals surface area (Å²) in [5.74, 6) is 0. The monoisotopic (exact) mass is 179 g/mol.